The molecule has 1 unspecified atom stereocenters. The van der Waals surface area contributed by atoms with E-state index < -0.39 is 29.9 Å². The van der Waals surface area contributed by atoms with Crippen LogP contribution in [-0.2, 0) is 21.7 Å². The molecule has 33 heavy (non-hydrogen) atoms. The van der Waals surface area contributed by atoms with E-state index in [1.807, 2.05) is 6.07 Å². The van der Waals surface area contributed by atoms with Crippen LogP contribution in [0.1, 0.15) is 25.2 Å². The van der Waals surface area contributed by atoms with E-state index in [0.29, 0.717) is 21.5 Å². The van der Waals surface area contributed by atoms with Gasteiger partial charge in [0.15, 0.2) is 0 Å². The van der Waals surface area contributed by atoms with E-state index in [4.69, 9.17) is 11.6 Å². The second-order valence-corrected chi connectivity index (χ2v) is 8.33. The SMILES string of the molecule is CCN(Cc1nc2cc(Cl)ccc2c(=O)[nH]1)C(=O)CN1C(=O)NC(C)(c2ccccc2)C1=O. The molecule has 4 rings (SSSR count). The van der Waals surface area contributed by atoms with Crippen molar-refractivity contribution in [3.8, 4) is 0 Å². The molecule has 9 nitrogen and oxygen atoms in total. The minimum atomic E-state index is -1.25. The van der Waals surface area contributed by atoms with E-state index in [1.165, 1.54) is 4.90 Å². The number of hydrogen-bond acceptors (Lipinski definition) is 5. The summed E-state index contributed by atoms with van der Waals surface area (Å²) in [6.07, 6.45) is 0. The van der Waals surface area contributed by atoms with Gasteiger partial charge in [-0.05, 0) is 37.6 Å². The molecule has 1 fully saturated rings. The fourth-order valence-corrected chi connectivity index (χ4v) is 4.00. The van der Waals surface area contributed by atoms with Crippen LogP contribution in [0.4, 0.5) is 4.79 Å². The van der Waals surface area contributed by atoms with Crippen LogP contribution in [0.2, 0.25) is 5.02 Å². The maximum atomic E-state index is 13.1. The van der Waals surface area contributed by atoms with Crippen LogP contribution in [0, 0.1) is 0 Å². The van der Waals surface area contributed by atoms with Crippen LogP contribution >= 0.6 is 11.6 Å². The Bertz CT molecular complexity index is 1310. The van der Waals surface area contributed by atoms with Crippen molar-refractivity contribution < 1.29 is 14.4 Å². The summed E-state index contributed by atoms with van der Waals surface area (Å²) in [5, 5.41) is 3.51. The number of urea groups is 1. The first kappa shape index (κ1) is 22.5. The van der Waals surface area contributed by atoms with E-state index in [-0.39, 0.29) is 24.5 Å². The quantitative estimate of drug-likeness (QED) is 0.540. The molecule has 0 radical (unpaired) electrons. The highest BCUT2D eigenvalue weighted by Gasteiger charge is 2.49. The monoisotopic (exact) mass is 467 g/mol. The summed E-state index contributed by atoms with van der Waals surface area (Å²) in [6.45, 7) is 3.24. The third-order valence-electron chi connectivity index (χ3n) is 5.71. The van der Waals surface area contributed by atoms with Crippen LogP contribution in [0.25, 0.3) is 10.9 Å². The van der Waals surface area contributed by atoms with Crippen molar-refractivity contribution in [3.63, 3.8) is 0 Å². The maximum Gasteiger partial charge on any atom is 0.325 e. The van der Waals surface area contributed by atoms with Crippen molar-refractivity contribution in [2.75, 3.05) is 13.1 Å². The number of hydrogen-bond donors (Lipinski definition) is 2. The predicted molar refractivity (Wildman–Crippen MR) is 123 cm³/mol. The standard InChI is InChI=1S/C23H22ClN5O4/c1-3-28(12-18-25-17-11-15(24)9-10-16(17)20(31)26-18)19(30)13-29-21(32)23(2,27-22(29)33)14-7-5-4-6-8-14/h4-11H,3,12-13H2,1-2H3,(H,27,33)(H,25,26,31). The van der Waals surface area contributed by atoms with Crippen molar-refractivity contribution >= 4 is 40.3 Å². The normalized spacial score (nSPS) is 18.0. The lowest BCUT2D eigenvalue weighted by Gasteiger charge is -2.24. The molecule has 1 aromatic heterocycles. The highest BCUT2D eigenvalue weighted by molar-refractivity contribution is 6.31. The Morgan fingerprint density at radius 2 is 1.88 bits per heavy atom. The highest BCUT2D eigenvalue weighted by Crippen LogP contribution is 2.28. The summed E-state index contributed by atoms with van der Waals surface area (Å²) in [6, 6.07) is 13.0. The third kappa shape index (κ3) is 4.19. The molecule has 0 bridgehead atoms. The second kappa shape index (κ2) is 8.67. The number of carbonyl (C=O) groups excluding carboxylic acids is 3. The van der Waals surface area contributed by atoms with E-state index in [2.05, 4.69) is 15.3 Å². The van der Waals surface area contributed by atoms with E-state index in [9.17, 15) is 19.2 Å². The fourth-order valence-electron chi connectivity index (χ4n) is 3.84. The van der Waals surface area contributed by atoms with Gasteiger partial charge in [0.2, 0.25) is 5.91 Å². The third-order valence-corrected chi connectivity index (χ3v) is 5.95. The number of likely N-dealkylation sites (N-methyl/N-ethyl adjacent to an activating group) is 1. The maximum absolute atomic E-state index is 13.1. The first-order chi connectivity index (χ1) is 15.7. The van der Waals surface area contributed by atoms with Crippen LogP contribution < -0.4 is 10.9 Å². The smallest absolute Gasteiger partial charge is 0.325 e. The summed E-state index contributed by atoms with van der Waals surface area (Å²) in [7, 11) is 0. The molecule has 3 aromatic rings. The number of fused-ring (bicyclic) bond motifs is 1. The number of carbonyl (C=O) groups is 3. The van der Waals surface area contributed by atoms with Gasteiger partial charge in [-0.1, -0.05) is 41.9 Å². The molecule has 1 saturated heterocycles. The molecular weight excluding hydrogens is 446 g/mol. The predicted octanol–water partition coefficient (Wildman–Crippen LogP) is 2.39. The van der Waals surface area contributed by atoms with Crippen molar-refractivity contribution in [1.29, 1.82) is 0 Å². The summed E-state index contributed by atoms with van der Waals surface area (Å²) < 4.78 is 0. The summed E-state index contributed by atoms with van der Waals surface area (Å²) in [4.78, 5) is 60.4. The lowest BCUT2D eigenvalue weighted by Crippen LogP contribution is -2.44. The van der Waals surface area contributed by atoms with Gasteiger partial charge in [-0.15, -0.1) is 0 Å². The zero-order valence-electron chi connectivity index (χ0n) is 18.1. The van der Waals surface area contributed by atoms with Crippen molar-refractivity contribution in [1.82, 2.24) is 25.1 Å². The van der Waals surface area contributed by atoms with Gasteiger partial charge in [-0.3, -0.25) is 19.3 Å². The average molecular weight is 468 g/mol. The van der Waals surface area contributed by atoms with Crippen LogP contribution in [0.3, 0.4) is 0 Å². The molecule has 0 saturated carbocycles. The highest BCUT2D eigenvalue weighted by atomic mass is 35.5. The van der Waals surface area contributed by atoms with Gasteiger partial charge >= 0.3 is 6.03 Å². The summed E-state index contributed by atoms with van der Waals surface area (Å²) in [5.74, 6) is -0.682. The Morgan fingerprint density at radius 1 is 1.15 bits per heavy atom. The number of nitrogens with zero attached hydrogens (tertiary/aromatic N) is 3. The van der Waals surface area contributed by atoms with Gasteiger partial charge in [-0.25, -0.2) is 9.78 Å². The minimum absolute atomic E-state index is 0.00658. The molecular formula is C23H22ClN5O4. The number of benzene rings is 2. The number of H-pyrrole nitrogens is 1. The summed E-state index contributed by atoms with van der Waals surface area (Å²) in [5.41, 5.74) is -0.553. The second-order valence-electron chi connectivity index (χ2n) is 7.89. The zero-order chi connectivity index (χ0) is 23.8. The van der Waals surface area contributed by atoms with E-state index >= 15 is 0 Å². The van der Waals surface area contributed by atoms with Crippen LogP contribution in [0.15, 0.2) is 53.3 Å². The molecule has 4 amide bonds. The van der Waals surface area contributed by atoms with Gasteiger partial charge in [0.05, 0.1) is 17.4 Å². The van der Waals surface area contributed by atoms with E-state index in [1.54, 1.807) is 56.3 Å². The number of amides is 4. The van der Waals surface area contributed by atoms with E-state index in [0.717, 1.165) is 4.90 Å². The van der Waals surface area contributed by atoms with Crippen LogP contribution in [0.5, 0.6) is 0 Å². The number of nitrogens with one attached hydrogen (secondary N) is 2. The number of halogens is 1. The van der Waals surface area contributed by atoms with Gasteiger partial charge in [0, 0.05) is 11.6 Å². The zero-order valence-corrected chi connectivity index (χ0v) is 18.8. The van der Waals surface area contributed by atoms with Gasteiger partial charge in [0.1, 0.15) is 17.9 Å². The van der Waals surface area contributed by atoms with Crippen molar-refractivity contribution in [2.45, 2.75) is 25.9 Å². The number of aromatic amines is 1. The first-order valence-electron chi connectivity index (χ1n) is 10.4. The van der Waals surface area contributed by atoms with Gasteiger partial charge in [0.25, 0.3) is 11.5 Å². The van der Waals surface area contributed by atoms with Crippen molar-refractivity contribution in [2.24, 2.45) is 0 Å². The summed E-state index contributed by atoms with van der Waals surface area (Å²) >= 11 is 6.00. The molecule has 2 heterocycles. The molecule has 10 heteroatoms. The minimum Gasteiger partial charge on any atom is -0.334 e. The Morgan fingerprint density at radius 3 is 2.58 bits per heavy atom. The topological polar surface area (TPSA) is 115 Å². The first-order valence-corrected chi connectivity index (χ1v) is 10.8. The number of aromatic nitrogens is 2. The fraction of sp³-hybridized carbons (Fsp3) is 0.261. The molecule has 170 valence electrons. The molecule has 2 aromatic carbocycles. The number of rotatable bonds is 6. The average Bonchev–Trinajstić information content (AvgIpc) is 3.01. The molecule has 1 aliphatic rings. The Labute approximate surface area is 194 Å². The van der Waals surface area contributed by atoms with Crippen molar-refractivity contribution in [3.05, 3.63) is 75.3 Å². The molecule has 0 spiro atoms. The molecule has 1 atom stereocenters. The lowest BCUT2D eigenvalue weighted by atomic mass is 9.92. The number of imide groups is 1. The van der Waals surface area contributed by atoms with Gasteiger partial charge < -0.3 is 15.2 Å². The molecule has 2 N–H and O–H groups in total. The Balaban J connectivity index is 1.53. The lowest BCUT2D eigenvalue weighted by molar-refractivity contribution is -0.139. The Hall–Kier alpha value is -3.72. The van der Waals surface area contributed by atoms with Gasteiger partial charge in [-0.2, -0.15) is 0 Å². The molecule has 0 aliphatic carbocycles. The molecule has 1 aliphatic heterocycles. The van der Waals surface area contributed by atoms with Crippen LogP contribution in [-0.4, -0.2) is 50.7 Å². The largest absolute Gasteiger partial charge is 0.334 e. The Kier molecular flexibility index (Phi) is 5.90.